The average Bonchev–Trinajstić information content (AvgIpc) is 2.66. The second-order valence-electron chi connectivity index (χ2n) is 4.10. The Morgan fingerprint density at radius 1 is 1.12 bits per heavy atom. The number of aryl methyl sites for hydroxylation is 1. The van der Waals surface area contributed by atoms with Gasteiger partial charge in [0.25, 0.3) is 0 Å². The van der Waals surface area contributed by atoms with Crippen molar-refractivity contribution < 1.29 is 4.39 Å². The van der Waals surface area contributed by atoms with Gasteiger partial charge in [0.2, 0.25) is 0 Å². The van der Waals surface area contributed by atoms with E-state index in [9.17, 15) is 4.39 Å². The number of nitrogens with one attached hydrogen (secondary N) is 1. The first kappa shape index (κ1) is 10.1. The number of halogens is 1. The van der Waals surface area contributed by atoms with Crippen LogP contribution in [0.2, 0.25) is 0 Å². The van der Waals surface area contributed by atoms with Gasteiger partial charge in [-0.05, 0) is 36.8 Å². The molecule has 0 amide bonds. The van der Waals surface area contributed by atoms with Crippen LogP contribution < -0.4 is 0 Å². The molecule has 0 spiro atoms. The molecule has 2 heteroatoms. The molecule has 1 heterocycles. The van der Waals surface area contributed by atoms with Crippen molar-refractivity contribution in [2.45, 2.75) is 6.92 Å². The van der Waals surface area contributed by atoms with Crippen LogP contribution in [0.3, 0.4) is 0 Å². The van der Waals surface area contributed by atoms with Gasteiger partial charge in [0.1, 0.15) is 5.82 Å². The summed E-state index contributed by atoms with van der Waals surface area (Å²) in [6.45, 7) is 2.03. The fourth-order valence-corrected chi connectivity index (χ4v) is 2.21. The van der Waals surface area contributed by atoms with Gasteiger partial charge in [-0.25, -0.2) is 4.39 Å². The lowest BCUT2D eigenvalue weighted by Gasteiger charge is -2.01. The van der Waals surface area contributed by atoms with E-state index in [0.717, 1.165) is 27.7 Å². The number of aromatic nitrogens is 1. The second kappa shape index (κ2) is 3.74. The quantitative estimate of drug-likeness (QED) is 0.641. The third-order valence-electron chi connectivity index (χ3n) is 2.96. The highest BCUT2D eigenvalue weighted by Gasteiger charge is 2.09. The fraction of sp³-hybridized carbons (Fsp3) is 0.0667. The highest BCUT2D eigenvalue weighted by molar-refractivity contribution is 5.97. The van der Waals surface area contributed by atoms with Crippen LogP contribution >= 0.6 is 0 Å². The van der Waals surface area contributed by atoms with Crippen LogP contribution in [0.25, 0.3) is 22.0 Å². The van der Waals surface area contributed by atoms with Crippen molar-refractivity contribution >= 4 is 10.9 Å². The third-order valence-corrected chi connectivity index (χ3v) is 2.96. The molecule has 3 rings (SSSR count). The number of rotatable bonds is 1. The van der Waals surface area contributed by atoms with Gasteiger partial charge in [0, 0.05) is 22.2 Å². The van der Waals surface area contributed by atoms with Crippen molar-refractivity contribution in [3.05, 3.63) is 60.0 Å². The average molecular weight is 224 g/mol. The van der Waals surface area contributed by atoms with E-state index in [-0.39, 0.29) is 5.82 Å². The first-order valence-corrected chi connectivity index (χ1v) is 5.50. The zero-order valence-electron chi connectivity index (χ0n) is 9.42. The Morgan fingerprint density at radius 3 is 2.65 bits per heavy atom. The van der Waals surface area contributed by atoms with E-state index >= 15 is 0 Å². The summed E-state index contributed by atoms with van der Waals surface area (Å²) in [4.78, 5) is 3.32. The number of benzene rings is 2. The molecular formula is C15H11FN. The first-order chi connectivity index (χ1) is 8.25. The molecule has 0 aliphatic carbocycles. The summed E-state index contributed by atoms with van der Waals surface area (Å²) in [6.07, 6.45) is 0. The summed E-state index contributed by atoms with van der Waals surface area (Å²) < 4.78 is 12.9. The fourth-order valence-electron chi connectivity index (χ4n) is 2.21. The number of aromatic amines is 1. The molecule has 0 atom stereocenters. The summed E-state index contributed by atoms with van der Waals surface area (Å²) >= 11 is 0. The van der Waals surface area contributed by atoms with E-state index in [1.807, 2.05) is 37.3 Å². The lowest BCUT2D eigenvalue weighted by molar-refractivity contribution is 0.628. The molecule has 17 heavy (non-hydrogen) atoms. The second-order valence-corrected chi connectivity index (χ2v) is 4.10. The van der Waals surface area contributed by atoms with Crippen molar-refractivity contribution in [2.75, 3.05) is 0 Å². The minimum Gasteiger partial charge on any atom is -0.358 e. The van der Waals surface area contributed by atoms with Crippen LogP contribution in [0.15, 0.2) is 42.5 Å². The van der Waals surface area contributed by atoms with Crippen molar-refractivity contribution in [1.82, 2.24) is 4.98 Å². The maximum atomic E-state index is 12.9. The van der Waals surface area contributed by atoms with Gasteiger partial charge in [-0.15, -0.1) is 0 Å². The lowest BCUT2D eigenvalue weighted by atomic mass is 10.0. The van der Waals surface area contributed by atoms with Crippen LogP contribution in [-0.2, 0) is 0 Å². The largest absolute Gasteiger partial charge is 0.358 e. The van der Waals surface area contributed by atoms with Crippen LogP contribution in [0.1, 0.15) is 5.69 Å². The molecule has 83 valence electrons. The summed E-state index contributed by atoms with van der Waals surface area (Å²) in [7, 11) is 0. The van der Waals surface area contributed by atoms with Crippen LogP contribution in [0.4, 0.5) is 4.39 Å². The van der Waals surface area contributed by atoms with Crippen LogP contribution in [0.5, 0.6) is 0 Å². The van der Waals surface area contributed by atoms with E-state index in [2.05, 4.69) is 11.1 Å². The third kappa shape index (κ3) is 1.62. The smallest absolute Gasteiger partial charge is 0.123 e. The Bertz CT molecular complexity index is 665. The highest BCUT2D eigenvalue weighted by Crippen LogP contribution is 2.31. The van der Waals surface area contributed by atoms with E-state index in [0.29, 0.717) is 0 Å². The molecule has 1 N–H and O–H groups in total. The Kier molecular flexibility index (Phi) is 2.22. The van der Waals surface area contributed by atoms with Crippen LogP contribution in [0, 0.1) is 18.8 Å². The summed E-state index contributed by atoms with van der Waals surface area (Å²) in [6, 6.07) is 15.5. The van der Waals surface area contributed by atoms with E-state index < -0.39 is 0 Å². The van der Waals surface area contributed by atoms with Gasteiger partial charge in [-0.2, -0.15) is 0 Å². The molecule has 2 aromatic carbocycles. The topological polar surface area (TPSA) is 15.8 Å². The lowest BCUT2D eigenvalue weighted by Crippen LogP contribution is -1.80. The SMILES string of the molecule is Cc1[nH]c2c[c]ccc2c1-c1ccc(F)cc1. The number of hydrogen-bond acceptors (Lipinski definition) is 0. The number of hydrogen-bond donors (Lipinski definition) is 1. The molecule has 0 fully saturated rings. The van der Waals surface area contributed by atoms with E-state index in [1.54, 1.807) is 0 Å². The van der Waals surface area contributed by atoms with Crippen molar-refractivity contribution in [3.63, 3.8) is 0 Å². The van der Waals surface area contributed by atoms with Crippen molar-refractivity contribution in [3.8, 4) is 11.1 Å². The zero-order valence-corrected chi connectivity index (χ0v) is 9.42. The van der Waals surface area contributed by atoms with Gasteiger partial charge >= 0.3 is 0 Å². The molecule has 1 radical (unpaired) electrons. The van der Waals surface area contributed by atoms with Crippen LogP contribution in [-0.4, -0.2) is 4.98 Å². The minimum absolute atomic E-state index is 0.209. The van der Waals surface area contributed by atoms with Crippen molar-refractivity contribution in [1.29, 1.82) is 0 Å². The molecule has 0 unspecified atom stereocenters. The summed E-state index contributed by atoms with van der Waals surface area (Å²) in [5, 5.41) is 1.15. The molecule has 1 aromatic heterocycles. The first-order valence-electron chi connectivity index (χ1n) is 5.50. The predicted molar refractivity (Wildman–Crippen MR) is 67.3 cm³/mol. The standard InChI is InChI=1S/C15H11FN/c1-10-15(11-6-8-12(16)9-7-11)13-4-2-3-5-14(13)17-10/h2,4-9,17H,1H3. The van der Waals surface area contributed by atoms with Crippen molar-refractivity contribution in [2.24, 2.45) is 0 Å². The van der Waals surface area contributed by atoms with Gasteiger partial charge in [0.15, 0.2) is 0 Å². The summed E-state index contributed by atoms with van der Waals surface area (Å²) in [5.41, 5.74) is 4.31. The molecule has 0 aliphatic rings. The predicted octanol–water partition coefficient (Wildman–Crippen LogP) is 4.08. The van der Waals surface area contributed by atoms with Gasteiger partial charge in [-0.1, -0.05) is 24.3 Å². The highest BCUT2D eigenvalue weighted by atomic mass is 19.1. The van der Waals surface area contributed by atoms with Gasteiger partial charge < -0.3 is 4.98 Å². The Labute approximate surface area is 98.9 Å². The molecule has 1 nitrogen and oxygen atoms in total. The maximum Gasteiger partial charge on any atom is 0.123 e. The molecule has 0 saturated heterocycles. The zero-order chi connectivity index (χ0) is 11.8. The van der Waals surface area contributed by atoms with Gasteiger partial charge in [-0.3, -0.25) is 0 Å². The Morgan fingerprint density at radius 2 is 1.88 bits per heavy atom. The summed E-state index contributed by atoms with van der Waals surface area (Å²) in [5.74, 6) is -0.209. The molecular weight excluding hydrogens is 213 g/mol. The van der Waals surface area contributed by atoms with E-state index in [4.69, 9.17) is 0 Å². The Hall–Kier alpha value is -2.09. The molecule has 0 bridgehead atoms. The molecule has 0 aliphatic heterocycles. The Balaban J connectivity index is 2.29. The minimum atomic E-state index is -0.209. The number of fused-ring (bicyclic) bond motifs is 1. The number of H-pyrrole nitrogens is 1. The monoisotopic (exact) mass is 224 g/mol. The molecule has 0 saturated carbocycles. The normalized spacial score (nSPS) is 10.9. The van der Waals surface area contributed by atoms with Gasteiger partial charge in [0.05, 0.1) is 0 Å². The molecule has 3 aromatic rings. The maximum absolute atomic E-state index is 12.9. The van der Waals surface area contributed by atoms with E-state index in [1.165, 1.54) is 12.1 Å².